The number of ether oxygens (including phenoxy) is 2. The molecule has 2 atom stereocenters. The second kappa shape index (κ2) is 16.3. The Morgan fingerprint density at radius 1 is 0.633 bits per heavy atom. The van der Waals surface area contributed by atoms with E-state index in [1.54, 1.807) is 0 Å². The molecule has 304 valence electrons. The van der Waals surface area contributed by atoms with Gasteiger partial charge in [-0.3, -0.25) is 10.2 Å². The summed E-state index contributed by atoms with van der Waals surface area (Å²) in [5.41, 5.74) is 23.1. The van der Waals surface area contributed by atoms with E-state index in [1.165, 1.54) is 5.56 Å². The second-order valence-corrected chi connectivity index (χ2v) is 16.0. The lowest BCUT2D eigenvalue weighted by Gasteiger charge is -2.41. The molecule has 60 heavy (non-hydrogen) atoms. The van der Waals surface area contributed by atoms with Crippen molar-refractivity contribution in [3.05, 3.63) is 165 Å². The number of hydrogen-bond donors (Lipinski definition) is 5. The van der Waals surface area contributed by atoms with Crippen molar-refractivity contribution in [3.63, 3.8) is 0 Å². The zero-order valence-corrected chi connectivity index (χ0v) is 35.0. The molecule has 0 spiro atoms. The molecule has 11 nitrogen and oxygen atoms in total. The smallest absolute Gasteiger partial charge is 0.244 e. The van der Waals surface area contributed by atoms with E-state index >= 15 is 0 Å². The highest BCUT2D eigenvalue weighted by Crippen LogP contribution is 2.54. The van der Waals surface area contributed by atoms with Crippen molar-refractivity contribution in [1.82, 2.24) is 20.4 Å². The molecule has 0 radical (unpaired) electrons. The van der Waals surface area contributed by atoms with Crippen molar-refractivity contribution >= 4 is 0 Å². The number of hydrogen-bond acceptors (Lipinski definition) is 9. The first-order valence-electron chi connectivity index (χ1n) is 20.1. The summed E-state index contributed by atoms with van der Waals surface area (Å²) in [4.78, 5) is 0. The molecule has 2 aliphatic rings. The number of benzene rings is 4. The number of rotatable bonds is 8. The van der Waals surface area contributed by atoms with Crippen LogP contribution in [0.3, 0.4) is 0 Å². The highest BCUT2D eigenvalue weighted by atomic mass is 16.5. The molecule has 0 amide bonds. The Labute approximate surface area is 351 Å². The van der Waals surface area contributed by atoms with Gasteiger partial charge >= 0.3 is 0 Å². The Kier molecular flexibility index (Phi) is 11.2. The highest BCUT2D eigenvalue weighted by molar-refractivity contribution is 5.71. The quantitative estimate of drug-likeness (QED) is 0.0999. The fraction of sp³-hybridized carbons (Fsp3) is 0.265. The molecule has 7 N–H and O–H groups in total. The summed E-state index contributed by atoms with van der Waals surface area (Å²) in [6, 6.07) is 37.5. The lowest BCUT2D eigenvalue weighted by molar-refractivity contribution is 0.281. The summed E-state index contributed by atoms with van der Waals surface area (Å²) in [7, 11) is 0. The number of allylic oxidation sites excluding steroid dienone is 2. The number of aryl methyl sites for hydroxylation is 3. The number of H-pyrrole nitrogens is 2. The molecule has 11 heteroatoms. The predicted molar refractivity (Wildman–Crippen MR) is 232 cm³/mol. The third-order valence-corrected chi connectivity index (χ3v) is 12.0. The van der Waals surface area contributed by atoms with Gasteiger partial charge < -0.3 is 26.0 Å². The predicted octanol–water partition coefficient (Wildman–Crippen LogP) is 8.88. The van der Waals surface area contributed by atoms with Gasteiger partial charge in [-0.25, -0.2) is 0 Å². The Morgan fingerprint density at radius 2 is 1.03 bits per heavy atom. The summed E-state index contributed by atoms with van der Waals surface area (Å²) in [5, 5.41) is 44.9. The molecule has 0 bridgehead atoms. The molecule has 0 saturated heterocycles. The van der Waals surface area contributed by atoms with Crippen molar-refractivity contribution in [2.45, 2.75) is 72.3 Å². The average Bonchev–Trinajstić information content (AvgIpc) is 3.83. The minimum Gasteiger partial charge on any atom is -0.420 e. The Bertz CT molecular complexity index is 2530. The van der Waals surface area contributed by atoms with Gasteiger partial charge in [0.1, 0.15) is 23.3 Å². The lowest BCUT2D eigenvalue weighted by Crippen LogP contribution is -2.41. The Morgan fingerprint density at radius 3 is 1.40 bits per heavy atom. The molecule has 4 aromatic carbocycles. The summed E-state index contributed by atoms with van der Waals surface area (Å²) in [6.07, 6.45) is 0.886. The van der Waals surface area contributed by atoms with Crippen molar-refractivity contribution in [1.29, 1.82) is 10.5 Å². The van der Waals surface area contributed by atoms with Crippen LogP contribution in [0.1, 0.15) is 79.4 Å². The number of aromatic nitrogens is 4. The number of aliphatic hydroxyl groups excluding tert-OH is 1. The van der Waals surface area contributed by atoms with Crippen molar-refractivity contribution in [3.8, 4) is 46.2 Å². The number of aliphatic hydroxyl groups is 1. The number of nitrogens with zero attached hydrogens (tertiary/aromatic N) is 4. The highest BCUT2D eigenvalue weighted by Gasteiger charge is 2.52. The van der Waals surface area contributed by atoms with Crippen molar-refractivity contribution < 1.29 is 14.6 Å². The maximum atomic E-state index is 10.2. The van der Waals surface area contributed by atoms with Gasteiger partial charge in [0.15, 0.2) is 0 Å². The molecule has 0 unspecified atom stereocenters. The summed E-state index contributed by atoms with van der Waals surface area (Å²) < 4.78 is 11.4. The van der Waals surface area contributed by atoms with Crippen LogP contribution in [0.25, 0.3) is 22.3 Å². The number of fused-ring (bicyclic) bond motifs is 2. The standard InChI is InChI=1S/C25H26N4O.C24H24N4O2/c1-5-17-11-19(18-9-7-6-8-10-18)13-20(12-17)25(15(2)3)21(14-26)23(27)30-24-22(25)16(4)28-29-24;1-14(2)24(20(12-25)22(26)30-23-21(24)15(3)27-28-23)19-10-16(13-29)9-18(11-19)17-7-5-4-6-8-17/h6-13,15H,5,27H2,1-4H3,(H,28,29);4-11,14,29H,13,26H2,1-3H3,(H,27,28)/t25-;24-/m10/s1. The van der Waals surface area contributed by atoms with Crippen LogP contribution in [0.15, 0.2) is 120 Å². The summed E-state index contributed by atoms with van der Waals surface area (Å²) in [6.45, 7) is 14.3. The van der Waals surface area contributed by atoms with Gasteiger partial charge in [-0.2, -0.15) is 10.5 Å². The minimum absolute atomic E-state index is 0.0396. The third-order valence-electron chi connectivity index (χ3n) is 12.0. The molecular weight excluding hydrogens is 749 g/mol. The van der Waals surface area contributed by atoms with Crippen LogP contribution < -0.4 is 20.9 Å². The first-order chi connectivity index (χ1) is 28.9. The van der Waals surface area contributed by atoms with Gasteiger partial charge in [0.2, 0.25) is 23.5 Å². The van der Waals surface area contributed by atoms with Crippen LogP contribution in [0.2, 0.25) is 0 Å². The van der Waals surface area contributed by atoms with Gasteiger partial charge in [0.05, 0.1) is 28.6 Å². The minimum atomic E-state index is -0.863. The topological polar surface area (TPSA) is 196 Å². The molecule has 0 aliphatic carbocycles. The molecule has 6 aromatic rings. The maximum Gasteiger partial charge on any atom is 0.244 e. The van der Waals surface area contributed by atoms with E-state index in [2.05, 4.69) is 104 Å². The van der Waals surface area contributed by atoms with Gasteiger partial charge in [-0.05, 0) is 94.8 Å². The second-order valence-electron chi connectivity index (χ2n) is 16.0. The largest absolute Gasteiger partial charge is 0.420 e. The first-order valence-corrected chi connectivity index (χ1v) is 20.1. The molecule has 2 aromatic heterocycles. The number of nitrogens with one attached hydrogen (secondary N) is 2. The molecule has 4 heterocycles. The lowest BCUT2D eigenvalue weighted by atomic mass is 9.61. The van der Waals surface area contributed by atoms with Crippen LogP contribution in [0.5, 0.6) is 11.8 Å². The van der Waals surface area contributed by atoms with Crippen LogP contribution in [0.4, 0.5) is 0 Å². The van der Waals surface area contributed by atoms with E-state index in [0.717, 1.165) is 67.9 Å². The van der Waals surface area contributed by atoms with Crippen LogP contribution in [-0.4, -0.2) is 25.5 Å². The van der Waals surface area contributed by atoms with Crippen molar-refractivity contribution in [2.75, 3.05) is 0 Å². The van der Waals surface area contributed by atoms with E-state index in [4.69, 9.17) is 20.9 Å². The maximum absolute atomic E-state index is 10.2. The fourth-order valence-corrected chi connectivity index (χ4v) is 9.25. The van der Waals surface area contributed by atoms with Crippen LogP contribution in [0, 0.1) is 48.3 Å². The molecular formula is C49H50N8O3. The number of nitriles is 2. The summed E-state index contributed by atoms with van der Waals surface area (Å²) >= 11 is 0. The van der Waals surface area contributed by atoms with E-state index < -0.39 is 10.8 Å². The van der Waals surface area contributed by atoms with Crippen LogP contribution >= 0.6 is 0 Å². The monoisotopic (exact) mass is 798 g/mol. The fourth-order valence-electron chi connectivity index (χ4n) is 9.25. The molecule has 8 rings (SSSR count). The average molecular weight is 799 g/mol. The van der Waals surface area contributed by atoms with Gasteiger partial charge in [0, 0.05) is 11.4 Å². The third kappa shape index (κ3) is 6.58. The summed E-state index contributed by atoms with van der Waals surface area (Å²) in [5.74, 6) is 1.01. The van der Waals surface area contributed by atoms with Crippen molar-refractivity contribution in [2.24, 2.45) is 23.3 Å². The normalized spacial score (nSPS) is 18.1. The van der Waals surface area contributed by atoms with E-state index in [9.17, 15) is 15.6 Å². The molecule has 0 fully saturated rings. The SMILES string of the molecule is CCc1cc(-c2ccccc2)cc([C@]2(C(C)C)C(C#N)=C(N)Oc3n[nH]c(C)c32)c1.Cc1[nH]nc2c1[C@](c1cc(CO)cc(-c3ccccc3)c1)(C(C)C)C(C#N)=C(N)O2. The van der Waals surface area contributed by atoms with Gasteiger partial charge in [-0.1, -0.05) is 113 Å². The van der Waals surface area contributed by atoms with E-state index in [1.807, 2.05) is 74.5 Å². The zero-order valence-electron chi connectivity index (χ0n) is 35.0. The number of aromatic amines is 2. The van der Waals surface area contributed by atoms with Gasteiger partial charge in [-0.15, -0.1) is 10.2 Å². The first kappa shape index (κ1) is 41.1. The Hall–Kier alpha value is -7.08. The Balaban J connectivity index is 0.000000181. The van der Waals surface area contributed by atoms with E-state index in [0.29, 0.717) is 22.9 Å². The molecule has 2 aliphatic heterocycles. The van der Waals surface area contributed by atoms with Gasteiger partial charge in [0.25, 0.3) is 0 Å². The van der Waals surface area contributed by atoms with Crippen LogP contribution in [-0.2, 0) is 23.9 Å². The van der Waals surface area contributed by atoms with E-state index in [-0.39, 0.29) is 30.2 Å². The zero-order chi connectivity index (χ0) is 42.9. The number of nitrogens with two attached hydrogens (primary N) is 2. The molecule has 0 saturated carbocycles.